The van der Waals surface area contributed by atoms with Gasteiger partial charge >= 0.3 is 0 Å². The molecule has 2 heterocycles. The lowest BCUT2D eigenvalue weighted by Gasteiger charge is -2.46. The zero-order valence-corrected chi connectivity index (χ0v) is 16.6. The molecule has 1 unspecified atom stereocenters. The van der Waals surface area contributed by atoms with Gasteiger partial charge in [-0.1, -0.05) is 0 Å². The lowest BCUT2D eigenvalue weighted by atomic mass is 9.83. The van der Waals surface area contributed by atoms with Crippen LogP contribution in [0.2, 0.25) is 0 Å². The molecule has 7 heteroatoms. The number of halogens is 2. The molecule has 28 heavy (non-hydrogen) atoms. The van der Waals surface area contributed by atoms with Crippen molar-refractivity contribution in [2.45, 2.75) is 57.3 Å². The predicted octanol–water partition coefficient (Wildman–Crippen LogP) is 3.56. The van der Waals surface area contributed by atoms with Crippen molar-refractivity contribution in [2.75, 3.05) is 32.9 Å². The Labute approximate surface area is 164 Å². The van der Waals surface area contributed by atoms with Crippen LogP contribution < -0.4 is 0 Å². The monoisotopic (exact) mass is 397 g/mol. The van der Waals surface area contributed by atoms with Gasteiger partial charge in [0.1, 0.15) is 0 Å². The second-order valence-electron chi connectivity index (χ2n) is 7.86. The molecule has 0 saturated carbocycles. The van der Waals surface area contributed by atoms with Crippen LogP contribution in [-0.2, 0) is 14.2 Å². The summed E-state index contributed by atoms with van der Waals surface area (Å²) >= 11 is 0. The molecule has 2 aliphatic heterocycles. The van der Waals surface area contributed by atoms with E-state index in [9.17, 15) is 13.6 Å². The van der Waals surface area contributed by atoms with Crippen LogP contribution in [0.15, 0.2) is 18.2 Å². The van der Waals surface area contributed by atoms with Crippen LogP contribution in [0.5, 0.6) is 0 Å². The maximum Gasteiger partial charge on any atom is 0.253 e. The van der Waals surface area contributed by atoms with Gasteiger partial charge in [-0.15, -0.1) is 0 Å². The Kier molecular flexibility index (Phi) is 7.01. The van der Waals surface area contributed by atoms with E-state index in [1.54, 1.807) is 4.90 Å². The van der Waals surface area contributed by atoms with Gasteiger partial charge in [-0.2, -0.15) is 0 Å². The van der Waals surface area contributed by atoms with Crippen molar-refractivity contribution < 1.29 is 27.8 Å². The van der Waals surface area contributed by atoms with E-state index in [0.29, 0.717) is 45.8 Å². The Morgan fingerprint density at radius 1 is 1.25 bits per heavy atom. The van der Waals surface area contributed by atoms with Crippen LogP contribution in [0.1, 0.15) is 49.9 Å². The number of benzene rings is 1. The molecule has 0 radical (unpaired) electrons. The molecule has 3 rings (SSSR count). The summed E-state index contributed by atoms with van der Waals surface area (Å²) in [4.78, 5) is 14.3. The summed E-state index contributed by atoms with van der Waals surface area (Å²) in [5, 5.41) is 0. The smallest absolute Gasteiger partial charge is 0.253 e. The number of amides is 1. The number of carbonyl (C=O) groups is 1. The summed E-state index contributed by atoms with van der Waals surface area (Å²) in [5.74, 6) is -2.23. The summed E-state index contributed by atoms with van der Waals surface area (Å²) < 4.78 is 44.1. The molecule has 0 aromatic heterocycles. The van der Waals surface area contributed by atoms with E-state index in [1.807, 2.05) is 13.8 Å². The summed E-state index contributed by atoms with van der Waals surface area (Å²) in [6.45, 7) is 6.85. The first kappa shape index (κ1) is 21.1. The molecular formula is C21H29F2NO4. The molecule has 0 N–H and O–H groups in total. The Morgan fingerprint density at radius 2 is 2.00 bits per heavy atom. The predicted molar refractivity (Wildman–Crippen MR) is 100 cm³/mol. The second-order valence-corrected chi connectivity index (χ2v) is 7.86. The maximum absolute atomic E-state index is 13.4. The van der Waals surface area contributed by atoms with Crippen LogP contribution in [0.25, 0.3) is 0 Å². The molecule has 1 aromatic rings. The van der Waals surface area contributed by atoms with Crippen molar-refractivity contribution in [3.63, 3.8) is 0 Å². The molecule has 0 aliphatic carbocycles. The van der Waals surface area contributed by atoms with Gasteiger partial charge in [-0.25, -0.2) is 8.78 Å². The number of likely N-dealkylation sites (tertiary alicyclic amines) is 1. The average molecular weight is 397 g/mol. The fraction of sp³-hybridized carbons (Fsp3) is 0.667. The van der Waals surface area contributed by atoms with Crippen molar-refractivity contribution >= 4 is 5.91 Å². The van der Waals surface area contributed by atoms with Gasteiger partial charge in [-0.05, 0) is 51.3 Å². The first-order valence-electron chi connectivity index (χ1n) is 10.00. The number of hydrogen-bond donors (Lipinski definition) is 0. The Bertz CT molecular complexity index is 674. The first-order valence-corrected chi connectivity index (χ1v) is 10.00. The summed E-state index contributed by atoms with van der Waals surface area (Å²) in [7, 11) is 0. The molecular weight excluding hydrogens is 368 g/mol. The standard InChI is InChI=1S/C21H29F2NO4/c1-15(2)26-11-12-27-17-5-10-28-21(14-17)6-8-24(9-7-21)20(25)16-3-4-18(22)19(23)13-16/h3-4,13,15,17H,5-12,14H2,1-2H3. The Hall–Kier alpha value is -1.57. The maximum atomic E-state index is 13.4. The zero-order valence-electron chi connectivity index (χ0n) is 16.6. The molecule has 0 bridgehead atoms. The minimum absolute atomic E-state index is 0.137. The van der Waals surface area contributed by atoms with Crippen molar-refractivity contribution in [3.05, 3.63) is 35.4 Å². The molecule has 2 fully saturated rings. The number of hydrogen-bond acceptors (Lipinski definition) is 4. The van der Waals surface area contributed by atoms with Crippen molar-refractivity contribution in [1.82, 2.24) is 4.90 Å². The van der Waals surface area contributed by atoms with E-state index < -0.39 is 11.6 Å². The van der Waals surface area contributed by atoms with Gasteiger partial charge in [0.2, 0.25) is 0 Å². The van der Waals surface area contributed by atoms with Crippen LogP contribution in [-0.4, -0.2) is 61.5 Å². The second kappa shape index (κ2) is 9.29. The molecule has 1 aromatic carbocycles. The molecule has 1 amide bonds. The van der Waals surface area contributed by atoms with E-state index in [0.717, 1.165) is 25.0 Å². The van der Waals surface area contributed by atoms with Crippen LogP contribution >= 0.6 is 0 Å². The van der Waals surface area contributed by atoms with Gasteiger partial charge in [0.15, 0.2) is 11.6 Å². The molecule has 1 atom stereocenters. The third kappa shape index (κ3) is 5.27. The van der Waals surface area contributed by atoms with E-state index in [4.69, 9.17) is 14.2 Å². The summed E-state index contributed by atoms with van der Waals surface area (Å²) in [6, 6.07) is 3.27. The Morgan fingerprint density at radius 3 is 2.68 bits per heavy atom. The fourth-order valence-electron chi connectivity index (χ4n) is 3.90. The topological polar surface area (TPSA) is 48.0 Å². The highest BCUT2D eigenvalue weighted by Crippen LogP contribution is 2.36. The highest BCUT2D eigenvalue weighted by Gasteiger charge is 2.41. The number of carbonyl (C=O) groups excluding carboxylic acids is 1. The first-order chi connectivity index (χ1) is 13.4. The van der Waals surface area contributed by atoms with Gasteiger partial charge in [-0.3, -0.25) is 4.79 Å². The number of rotatable bonds is 6. The highest BCUT2D eigenvalue weighted by atomic mass is 19.2. The van der Waals surface area contributed by atoms with Crippen LogP contribution in [0.4, 0.5) is 8.78 Å². The van der Waals surface area contributed by atoms with Crippen molar-refractivity contribution in [2.24, 2.45) is 0 Å². The highest BCUT2D eigenvalue weighted by molar-refractivity contribution is 5.94. The molecule has 2 saturated heterocycles. The van der Waals surface area contributed by atoms with E-state index in [-0.39, 0.29) is 29.3 Å². The van der Waals surface area contributed by atoms with Gasteiger partial charge in [0, 0.05) is 31.7 Å². The lowest BCUT2D eigenvalue weighted by molar-refractivity contribution is -0.156. The van der Waals surface area contributed by atoms with Crippen molar-refractivity contribution in [1.29, 1.82) is 0 Å². The number of ether oxygens (including phenoxy) is 3. The third-order valence-corrected chi connectivity index (χ3v) is 5.46. The zero-order chi connectivity index (χ0) is 20.1. The van der Waals surface area contributed by atoms with E-state index in [1.165, 1.54) is 6.07 Å². The third-order valence-electron chi connectivity index (χ3n) is 5.46. The SMILES string of the molecule is CC(C)OCCOC1CCOC2(CCN(C(=O)c3ccc(F)c(F)c3)CC2)C1. The largest absolute Gasteiger partial charge is 0.376 e. The molecule has 2 aliphatic rings. The minimum atomic E-state index is -1.00. The quantitative estimate of drug-likeness (QED) is 0.689. The van der Waals surface area contributed by atoms with E-state index in [2.05, 4.69) is 0 Å². The van der Waals surface area contributed by atoms with Gasteiger partial charge in [0.05, 0.1) is 31.0 Å². The van der Waals surface area contributed by atoms with Gasteiger partial charge in [0.25, 0.3) is 5.91 Å². The average Bonchev–Trinajstić information content (AvgIpc) is 2.67. The number of nitrogens with zero attached hydrogens (tertiary/aromatic N) is 1. The minimum Gasteiger partial charge on any atom is -0.376 e. The normalized spacial score (nSPS) is 22.0. The van der Waals surface area contributed by atoms with Gasteiger partial charge < -0.3 is 19.1 Å². The lowest BCUT2D eigenvalue weighted by Crippen LogP contribution is -2.52. The fourth-order valence-corrected chi connectivity index (χ4v) is 3.90. The van der Waals surface area contributed by atoms with Crippen LogP contribution in [0.3, 0.4) is 0 Å². The van der Waals surface area contributed by atoms with E-state index >= 15 is 0 Å². The number of piperidine rings is 1. The summed E-state index contributed by atoms with van der Waals surface area (Å²) in [5.41, 5.74) is -0.0992. The Balaban J connectivity index is 1.50. The molecule has 156 valence electrons. The summed E-state index contributed by atoms with van der Waals surface area (Å²) in [6.07, 6.45) is 3.43. The van der Waals surface area contributed by atoms with Crippen molar-refractivity contribution in [3.8, 4) is 0 Å². The van der Waals surface area contributed by atoms with Crippen LogP contribution in [0, 0.1) is 11.6 Å². The molecule has 1 spiro atoms. The molecule has 5 nitrogen and oxygen atoms in total.